The number of hydrogen-bond acceptors (Lipinski definition) is 5. The van der Waals surface area contributed by atoms with Gasteiger partial charge in [0.15, 0.2) is 0 Å². The Labute approximate surface area is 231 Å². The molecule has 2 unspecified atom stereocenters. The highest BCUT2D eigenvalue weighted by Crippen LogP contribution is 2.48. The first-order valence-corrected chi connectivity index (χ1v) is 13.7. The van der Waals surface area contributed by atoms with E-state index in [-0.39, 0.29) is 63.3 Å². The highest BCUT2D eigenvalue weighted by atomic mass is 35.5. The molecule has 1 aromatic heterocycles. The molecule has 0 bridgehead atoms. The number of carbonyl (C=O) groups is 1. The molecule has 2 aliphatic rings. The van der Waals surface area contributed by atoms with Crippen LogP contribution in [0.15, 0.2) is 46.6 Å². The zero-order valence-corrected chi connectivity index (χ0v) is 22.8. The van der Waals surface area contributed by atoms with E-state index in [1.165, 1.54) is 34.5 Å². The van der Waals surface area contributed by atoms with Crippen LogP contribution in [0.4, 0.5) is 23.4 Å². The van der Waals surface area contributed by atoms with Crippen LogP contribution in [-0.4, -0.2) is 51.3 Å². The molecule has 1 saturated heterocycles. The number of thioether (sulfide) groups is 1. The van der Waals surface area contributed by atoms with Gasteiger partial charge in [0.05, 0.1) is 16.1 Å². The summed E-state index contributed by atoms with van der Waals surface area (Å²) in [5.41, 5.74) is -1.15. The Kier molecular flexibility index (Phi) is 7.17. The van der Waals surface area contributed by atoms with Gasteiger partial charge >= 0.3 is 11.9 Å². The molecule has 39 heavy (non-hydrogen) atoms. The standard InChI is InChI=1S/C27H25ClF4N4O2S/c1-4-21(37)36-14(2)12-34(13-15(36)3)25-17-11-18(27(30,31)32)22(16-6-7-20(29)19(28)10-16)24-23(17)35(26(38)33-25)8-5-9-39-24/h4,6-7,10-11,14-15H,1,5,8-9,12-13H2,2-3H3. The Morgan fingerprint density at radius 3 is 2.51 bits per heavy atom. The predicted octanol–water partition coefficient (Wildman–Crippen LogP) is 5.98. The molecule has 6 nitrogen and oxygen atoms in total. The van der Waals surface area contributed by atoms with Crippen LogP contribution in [0.2, 0.25) is 5.02 Å². The summed E-state index contributed by atoms with van der Waals surface area (Å²) in [7, 11) is 0. The smallest absolute Gasteiger partial charge is 0.352 e. The number of alkyl halides is 3. The molecule has 5 rings (SSSR count). The van der Waals surface area contributed by atoms with Crippen LogP contribution in [0, 0.1) is 5.82 Å². The van der Waals surface area contributed by atoms with Crippen molar-refractivity contribution < 1.29 is 22.4 Å². The number of amides is 1. The fraction of sp³-hybridized carbons (Fsp3) is 0.370. The zero-order valence-electron chi connectivity index (χ0n) is 21.2. The third-order valence-corrected chi connectivity index (χ3v) is 8.60. The normalized spacial score (nSPS) is 19.8. The maximum atomic E-state index is 14.7. The lowest BCUT2D eigenvalue weighted by Gasteiger charge is -2.44. The number of rotatable bonds is 3. The summed E-state index contributed by atoms with van der Waals surface area (Å²) in [4.78, 5) is 33.7. The molecule has 3 aromatic rings. The Morgan fingerprint density at radius 2 is 1.90 bits per heavy atom. The second-order valence-electron chi connectivity index (χ2n) is 9.78. The van der Waals surface area contributed by atoms with Crippen LogP contribution in [0.3, 0.4) is 0 Å². The van der Waals surface area contributed by atoms with Gasteiger partial charge in [-0.3, -0.25) is 9.36 Å². The number of carbonyl (C=O) groups excluding carboxylic acids is 1. The highest BCUT2D eigenvalue weighted by molar-refractivity contribution is 7.99. The Morgan fingerprint density at radius 1 is 1.21 bits per heavy atom. The van der Waals surface area contributed by atoms with Crippen LogP contribution < -0.4 is 10.6 Å². The quantitative estimate of drug-likeness (QED) is 0.282. The van der Waals surface area contributed by atoms with Crippen LogP contribution in [0.5, 0.6) is 0 Å². The molecule has 0 saturated carbocycles. The number of hydrogen-bond donors (Lipinski definition) is 0. The summed E-state index contributed by atoms with van der Waals surface area (Å²) < 4.78 is 59.4. The molecule has 2 atom stereocenters. The van der Waals surface area contributed by atoms with Crippen molar-refractivity contribution in [2.75, 3.05) is 23.7 Å². The monoisotopic (exact) mass is 580 g/mol. The molecule has 2 aromatic carbocycles. The maximum Gasteiger partial charge on any atom is 0.417 e. The van der Waals surface area contributed by atoms with Gasteiger partial charge in [0.25, 0.3) is 0 Å². The lowest BCUT2D eigenvalue weighted by molar-refractivity contribution is -0.137. The van der Waals surface area contributed by atoms with Crippen molar-refractivity contribution in [2.24, 2.45) is 0 Å². The third kappa shape index (κ3) is 4.80. The largest absolute Gasteiger partial charge is 0.417 e. The lowest BCUT2D eigenvalue weighted by Crippen LogP contribution is -2.58. The van der Waals surface area contributed by atoms with E-state index in [1.54, 1.807) is 9.80 Å². The third-order valence-electron chi connectivity index (χ3n) is 7.13. The first kappa shape index (κ1) is 27.5. The van der Waals surface area contributed by atoms with Gasteiger partial charge in [-0.15, -0.1) is 11.8 Å². The summed E-state index contributed by atoms with van der Waals surface area (Å²) >= 11 is 7.21. The lowest BCUT2D eigenvalue weighted by atomic mass is 9.96. The Bertz CT molecular complexity index is 1550. The van der Waals surface area contributed by atoms with E-state index in [4.69, 9.17) is 11.6 Å². The average Bonchev–Trinajstić information content (AvgIpc) is 3.10. The van der Waals surface area contributed by atoms with Gasteiger partial charge in [-0.2, -0.15) is 18.2 Å². The van der Waals surface area contributed by atoms with Gasteiger partial charge in [0, 0.05) is 47.6 Å². The summed E-state index contributed by atoms with van der Waals surface area (Å²) in [6.45, 7) is 8.07. The van der Waals surface area contributed by atoms with Crippen molar-refractivity contribution in [3.8, 4) is 11.1 Å². The number of aryl methyl sites for hydroxylation is 1. The second kappa shape index (κ2) is 10.2. The van der Waals surface area contributed by atoms with Gasteiger partial charge in [0.1, 0.15) is 11.6 Å². The molecule has 0 radical (unpaired) electrons. The molecule has 2 aliphatic heterocycles. The SMILES string of the molecule is C=CC(=O)N1C(C)CN(c2nc(=O)n3c4c(c(-c5ccc(F)c(Cl)c5)c(C(F)(F)F)cc24)SCCC3)CC1C. The molecule has 3 heterocycles. The molecular weight excluding hydrogens is 556 g/mol. The molecule has 0 N–H and O–H groups in total. The number of nitrogens with zero attached hydrogens (tertiary/aromatic N) is 4. The van der Waals surface area contributed by atoms with Gasteiger partial charge in [-0.05, 0) is 55.9 Å². The average molecular weight is 581 g/mol. The fourth-order valence-electron chi connectivity index (χ4n) is 5.58. The van der Waals surface area contributed by atoms with E-state index in [2.05, 4.69) is 11.6 Å². The van der Waals surface area contributed by atoms with Gasteiger partial charge < -0.3 is 9.80 Å². The number of anilines is 1. The first-order valence-electron chi connectivity index (χ1n) is 12.4. The summed E-state index contributed by atoms with van der Waals surface area (Å²) in [5.74, 6) is -0.359. The minimum Gasteiger partial charge on any atom is -0.352 e. The molecule has 1 fully saturated rings. The van der Waals surface area contributed by atoms with Crippen LogP contribution >= 0.6 is 23.4 Å². The summed E-state index contributed by atoms with van der Waals surface area (Å²) in [6.07, 6.45) is -2.98. The van der Waals surface area contributed by atoms with Crippen LogP contribution in [-0.2, 0) is 17.5 Å². The highest BCUT2D eigenvalue weighted by Gasteiger charge is 2.39. The minimum atomic E-state index is -4.76. The summed E-state index contributed by atoms with van der Waals surface area (Å²) in [6, 6.07) is 3.92. The maximum absolute atomic E-state index is 14.7. The van der Waals surface area contributed by atoms with Gasteiger partial charge in [0.2, 0.25) is 5.91 Å². The molecule has 206 valence electrons. The fourth-order valence-corrected chi connectivity index (χ4v) is 6.96. The summed E-state index contributed by atoms with van der Waals surface area (Å²) in [5, 5.41) is -0.0968. The van der Waals surface area contributed by atoms with Crippen LogP contribution in [0.25, 0.3) is 22.0 Å². The van der Waals surface area contributed by atoms with E-state index in [0.29, 0.717) is 24.2 Å². The number of aromatic nitrogens is 2. The number of halogens is 5. The Balaban J connectivity index is 1.81. The van der Waals surface area contributed by atoms with Crippen molar-refractivity contribution >= 4 is 46.0 Å². The molecular formula is C27H25ClF4N4O2S. The van der Waals surface area contributed by atoms with Crippen molar-refractivity contribution in [3.63, 3.8) is 0 Å². The molecule has 1 amide bonds. The van der Waals surface area contributed by atoms with E-state index >= 15 is 0 Å². The van der Waals surface area contributed by atoms with Gasteiger partial charge in [-0.25, -0.2) is 9.18 Å². The molecule has 12 heteroatoms. The zero-order chi connectivity index (χ0) is 28.2. The molecule has 0 aliphatic carbocycles. The van der Waals surface area contributed by atoms with Crippen LogP contribution in [0.1, 0.15) is 25.8 Å². The van der Waals surface area contributed by atoms with Gasteiger partial charge in [-0.1, -0.05) is 24.2 Å². The number of piperazine rings is 1. The van der Waals surface area contributed by atoms with E-state index in [9.17, 15) is 27.2 Å². The topological polar surface area (TPSA) is 58.4 Å². The molecule has 0 spiro atoms. The minimum absolute atomic E-state index is 0.108. The van der Waals surface area contributed by atoms with Crippen molar-refractivity contribution in [1.82, 2.24) is 14.5 Å². The number of benzene rings is 2. The van der Waals surface area contributed by atoms with Crippen molar-refractivity contribution in [1.29, 1.82) is 0 Å². The van der Waals surface area contributed by atoms with Crippen molar-refractivity contribution in [2.45, 2.75) is 50.0 Å². The van der Waals surface area contributed by atoms with Crippen molar-refractivity contribution in [3.05, 3.63) is 63.8 Å². The Hall–Kier alpha value is -3.05. The van der Waals surface area contributed by atoms with E-state index < -0.39 is 23.2 Å². The predicted molar refractivity (Wildman–Crippen MR) is 145 cm³/mol. The second-order valence-corrected chi connectivity index (χ2v) is 11.3. The van der Waals surface area contributed by atoms with E-state index in [0.717, 1.165) is 12.1 Å². The first-order chi connectivity index (χ1) is 18.4. The van der Waals surface area contributed by atoms with E-state index in [1.807, 2.05) is 13.8 Å².